The van der Waals surface area contributed by atoms with Gasteiger partial charge in [-0.1, -0.05) is 23.7 Å². The Balaban J connectivity index is 1.91. The molecule has 2 rings (SSSR count). The lowest BCUT2D eigenvalue weighted by atomic mass is 10.2. The zero-order valence-corrected chi connectivity index (χ0v) is 11.9. The Labute approximate surface area is 127 Å². The van der Waals surface area contributed by atoms with Crippen LogP contribution < -0.4 is 15.8 Å². The summed E-state index contributed by atoms with van der Waals surface area (Å²) in [5.74, 6) is 0.207. The smallest absolute Gasteiger partial charge is 0.262 e. The van der Waals surface area contributed by atoms with Crippen molar-refractivity contribution in [3.8, 4) is 5.75 Å². The minimum absolute atomic E-state index is 0.0759. The normalized spacial score (nSPS) is 10.2. The van der Waals surface area contributed by atoms with Crippen molar-refractivity contribution in [3.05, 3.63) is 53.1 Å². The van der Waals surface area contributed by atoms with Gasteiger partial charge in [0, 0.05) is 5.69 Å². The summed E-state index contributed by atoms with van der Waals surface area (Å²) in [7, 11) is 0. The number of anilines is 2. The minimum Gasteiger partial charge on any atom is -0.484 e. The van der Waals surface area contributed by atoms with Crippen LogP contribution in [0.3, 0.4) is 0 Å². The van der Waals surface area contributed by atoms with Crippen molar-refractivity contribution >= 4 is 28.9 Å². The molecular formula is C15H15ClN2O3. The summed E-state index contributed by atoms with van der Waals surface area (Å²) in [6, 6.07) is 11.7. The zero-order chi connectivity index (χ0) is 15.2. The van der Waals surface area contributed by atoms with E-state index in [4.69, 9.17) is 27.2 Å². The monoisotopic (exact) mass is 306 g/mol. The number of amides is 1. The highest BCUT2D eigenvalue weighted by molar-refractivity contribution is 6.33. The first-order valence-corrected chi connectivity index (χ1v) is 6.64. The number of halogens is 1. The highest BCUT2D eigenvalue weighted by Gasteiger charge is 2.05. The number of nitrogens with two attached hydrogens (primary N) is 1. The van der Waals surface area contributed by atoms with Crippen LogP contribution in [0.2, 0.25) is 5.02 Å². The minimum atomic E-state index is -0.314. The Morgan fingerprint density at radius 1 is 1.29 bits per heavy atom. The van der Waals surface area contributed by atoms with Gasteiger partial charge in [0.1, 0.15) is 5.75 Å². The lowest BCUT2D eigenvalue weighted by molar-refractivity contribution is -0.118. The second-order valence-electron chi connectivity index (χ2n) is 4.38. The van der Waals surface area contributed by atoms with E-state index in [2.05, 4.69) is 5.32 Å². The number of hydrogen-bond donors (Lipinski definition) is 3. The molecule has 0 aliphatic carbocycles. The Hall–Kier alpha value is -2.24. The van der Waals surface area contributed by atoms with Crippen LogP contribution in [0.1, 0.15) is 5.56 Å². The third-order valence-corrected chi connectivity index (χ3v) is 3.07. The predicted octanol–water partition coefficient (Wildman–Crippen LogP) is 2.43. The second-order valence-corrected chi connectivity index (χ2v) is 4.79. The molecular weight excluding hydrogens is 292 g/mol. The molecule has 6 heteroatoms. The van der Waals surface area contributed by atoms with E-state index >= 15 is 0 Å². The molecule has 21 heavy (non-hydrogen) atoms. The number of nitrogens with one attached hydrogen (secondary N) is 1. The van der Waals surface area contributed by atoms with Gasteiger partial charge in [0.05, 0.1) is 17.3 Å². The first kappa shape index (κ1) is 15.2. The number of ether oxygens (including phenoxy) is 1. The lowest BCUT2D eigenvalue weighted by Crippen LogP contribution is -2.20. The molecule has 0 saturated heterocycles. The molecule has 2 aromatic rings. The summed E-state index contributed by atoms with van der Waals surface area (Å²) in [6.45, 7) is -0.217. The summed E-state index contributed by atoms with van der Waals surface area (Å²) in [4.78, 5) is 11.8. The number of rotatable bonds is 5. The number of benzene rings is 2. The maximum Gasteiger partial charge on any atom is 0.262 e. The molecule has 0 atom stereocenters. The van der Waals surface area contributed by atoms with Crippen molar-refractivity contribution in [3.63, 3.8) is 0 Å². The lowest BCUT2D eigenvalue weighted by Gasteiger charge is -2.09. The summed E-state index contributed by atoms with van der Waals surface area (Å²) in [5, 5.41) is 12.1. The van der Waals surface area contributed by atoms with Gasteiger partial charge in [-0.3, -0.25) is 4.79 Å². The van der Waals surface area contributed by atoms with Gasteiger partial charge in [-0.05, 0) is 35.9 Å². The van der Waals surface area contributed by atoms with E-state index in [1.807, 2.05) is 0 Å². The number of carbonyl (C=O) groups excluding carboxylic acids is 1. The Kier molecular flexibility index (Phi) is 5.03. The van der Waals surface area contributed by atoms with Crippen LogP contribution >= 0.6 is 11.6 Å². The highest BCUT2D eigenvalue weighted by atomic mass is 35.5. The first-order chi connectivity index (χ1) is 10.1. The second kappa shape index (κ2) is 6.97. The van der Waals surface area contributed by atoms with Crippen LogP contribution in [-0.2, 0) is 11.4 Å². The average molecular weight is 307 g/mol. The van der Waals surface area contributed by atoms with Crippen LogP contribution in [0.15, 0.2) is 42.5 Å². The van der Waals surface area contributed by atoms with Crippen molar-refractivity contribution in [2.24, 2.45) is 0 Å². The van der Waals surface area contributed by atoms with Crippen molar-refractivity contribution in [1.82, 2.24) is 0 Å². The van der Waals surface area contributed by atoms with E-state index in [0.717, 1.165) is 5.56 Å². The van der Waals surface area contributed by atoms with E-state index in [-0.39, 0.29) is 19.1 Å². The van der Waals surface area contributed by atoms with Crippen LogP contribution in [0, 0.1) is 0 Å². The molecule has 110 valence electrons. The third kappa shape index (κ3) is 4.37. The first-order valence-electron chi connectivity index (χ1n) is 6.26. The topological polar surface area (TPSA) is 84.6 Å². The molecule has 1 amide bonds. The molecule has 0 aliphatic rings. The molecule has 4 N–H and O–H groups in total. The molecule has 0 fully saturated rings. The summed E-state index contributed by atoms with van der Waals surface area (Å²) < 4.78 is 5.36. The van der Waals surface area contributed by atoms with Crippen LogP contribution in [0.25, 0.3) is 0 Å². The van der Waals surface area contributed by atoms with E-state index in [1.165, 1.54) is 0 Å². The molecule has 2 aromatic carbocycles. The highest BCUT2D eigenvalue weighted by Crippen LogP contribution is 2.22. The third-order valence-electron chi connectivity index (χ3n) is 2.73. The molecule has 0 heterocycles. The summed E-state index contributed by atoms with van der Waals surface area (Å²) in [5.41, 5.74) is 7.32. The van der Waals surface area contributed by atoms with E-state index in [9.17, 15) is 4.79 Å². The summed E-state index contributed by atoms with van der Waals surface area (Å²) >= 11 is 5.80. The van der Waals surface area contributed by atoms with Crippen molar-refractivity contribution in [2.75, 3.05) is 17.7 Å². The molecule has 0 unspecified atom stereocenters. The quantitative estimate of drug-likeness (QED) is 0.741. The van der Waals surface area contributed by atoms with E-state index < -0.39 is 0 Å². The van der Waals surface area contributed by atoms with Crippen molar-refractivity contribution < 1.29 is 14.6 Å². The molecule has 0 bridgehead atoms. The number of carbonyl (C=O) groups is 1. The van der Waals surface area contributed by atoms with Gasteiger partial charge in [-0.2, -0.15) is 0 Å². The molecule has 0 saturated carbocycles. The molecule has 0 spiro atoms. The molecule has 0 radical (unpaired) electrons. The average Bonchev–Trinajstić information content (AvgIpc) is 2.49. The Bertz CT molecular complexity index is 647. The molecule has 5 nitrogen and oxygen atoms in total. The number of hydrogen-bond acceptors (Lipinski definition) is 4. The van der Waals surface area contributed by atoms with Gasteiger partial charge in [-0.25, -0.2) is 0 Å². The van der Waals surface area contributed by atoms with Gasteiger partial charge < -0.3 is 20.9 Å². The number of aliphatic hydroxyl groups excluding tert-OH is 1. The van der Waals surface area contributed by atoms with Gasteiger partial charge in [0.25, 0.3) is 5.91 Å². The van der Waals surface area contributed by atoms with Gasteiger partial charge in [0.15, 0.2) is 6.61 Å². The fourth-order valence-electron chi connectivity index (χ4n) is 1.70. The fraction of sp³-hybridized carbons (Fsp3) is 0.133. The van der Waals surface area contributed by atoms with Crippen LogP contribution in [-0.4, -0.2) is 17.6 Å². The van der Waals surface area contributed by atoms with Crippen LogP contribution in [0.4, 0.5) is 11.4 Å². The van der Waals surface area contributed by atoms with Crippen molar-refractivity contribution in [2.45, 2.75) is 6.61 Å². The van der Waals surface area contributed by atoms with E-state index in [1.54, 1.807) is 42.5 Å². The number of aliphatic hydroxyl groups is 1. The van der Waals surface area contributed by atoms with Gasteiger partial charge >= 0.3 is 0 Å². The predicted molar refractivity (Wildman–Crippen MR) is 82.4 cm³/mol. The van der Waals surface area contributed by atoms with Gasteiger partial charge in [-0.15, -0.1) is 0 Å². The zero-order valence-electron chi connectivity index (χ0n) is 11.2. The van der Waals surface area contributed by atoms with Crippen LogP contribution in [0.5, 0.6) is 5.75 Å². The molecule has 0 aliphatic heterocycles. The SMILES string of the molecule is Nc1cc(NC(=O)COc2cccc(CO)c2)ccc1Cl. The Morgan fingerprint density at radius 3 is 2.81 bits per heavy atom. The van der Waals surface area contributed by atoms with E-state index in [0.29, 0.717) is 22.1 Å². The maximum atomic E-state index is 11.8. The standard InChI is InChI=1S/C15H15ClN2O3/c16-13-5-4-11(7-14(13)17)18-15(20)9-21-12-3-1-2-10(6-12)8-19/h1-7,19H,8-9,17H2,(H,18,20). The van der Waals surface area contributed by atoms with Crippen molar-refractivity contribution in [1.29, 1.82) is 0 Å². The largest absolute Gasteiger partial charge is 0.484 e. The molecule has 0 aromatic heterocycles. The Morgan fingerprint density at radius 2 is 2.10 bits per heavy atom. The summed E-state index contributed by atoms with van der Waals surface area (Å²) in [6.07, 6.45) is 0. The maximum absolute atomic E-state index is 11.8. The fourth-order valence-corrected chi connectivity index (χ4v) is 1.82. The van der Waals surface area contributed by atoms with Gasteiger partial charge in [0.2, 0.25) is 0 Å². The number of nitrogen functional groups attached to an aromatic ring is 1.